The molecule has 0 amide bonds. The minimum absolute atomic E-state index is 0.109. The molecule has 1 heterocycles. The number of aromatic nitrogens is 1. The summed E-state index contributed by atoms with van der Waals surface area (Å²) in [5.41, 5.74) is 5.66. The van der Waals surface area contributed by atoms with Gasteiger partial charge in [-0.3, -0.25) is 15.5 Å². The van der Waals surface area contributed by atoms with Crippen LogP contribution in [-0.2, 0) is 0 Å². The zero-order chi connectivity index (χ0) is 15.4. The largest absolute Gasteiger partial charge is 0.493 e. The number of amidine groups is 1. The van der Waals surface area contributed by atoms with Gasteiger partial charge in [-0.25, -0.2) is 4.98 Å². The van der Waals surface area contributed by atoms with Gasteiger partial charge in [-0.15, -0.1) is 0 Å². The number of non-ortho nitro benzene ring substituents is 1. The van der Waals surface area contributed by atoms with Crippen molar-refractivity contribution in [2.75, 3.05) is 7.11 Å². The van der Waals surface area contributed by atoms with Gasteiger partial charge in [0, 0.05) is 23.9 Å². The molecule has 1 aromatic carbocycles. The van der Waals surface area contributed by atoms with E-state index in [0.29, 0.717) is 11.3 Å². The average molecular weight is 288 g/mol. The van der Waals surface area contributed by atoms with Gasteiger partial charge in [0.05, 0.1) is 18.1 Å². The van der Waals surface area contributed by atoms with Gasteiger partial charge in [-0.2, -0.15) is 0 Å². The maximum Gasteiger partial charge on any atom is 0.273 e. The lowest BCUT2D eigenvalue weighted by atomic mass is 10.2. The summed E-state index contributed by atoms with van der Waals surface area (Å²) in [4.78, 5) is 14.2. The zero-order valence-electron chi connectivity index (χ0n) is 11.1. The van der Waals surface area contributed by atoms with Crippen LogP contribution >= 0.6 is 0 Å². The number of nitrogens with two attached hydrogens (primary N) is 1. The van der Waals surface area contributed by atoms with Crippen molar-refractivity contribution in [3.05, 3.63) is 52.2 Å². The molecule has 21 heavy (non-hydrogen) atoms. The van der Waals surface area contributed by atoms with E-state index in [1.807, 2.05) is 0 Å². The summed E-state index contributed by atoms with van der Waals surface area (Å²) in [6, 6.07) is 7.08. The van der Waals surface area contributed by atoms with Crippen molar-refractivity contribution in [1.29, 1.82) is 5.41 Å². The van der Waals surface area contributed by atoms with Crippen molar-refractivity contribution in [1.82, 2.24) is 4.98 Å². The molecule has 0 fully saturated rings. The van der Waals surface area contributed by atoms with Crippen LogP contribution in [0.25, 0.3) is 0 Å². The molecule has 0 atom stereocenters. The molecule has 0 unspecified atom stereocenters. The number of hydrogen-bond donors (Lipinski definition) is 2. The van der Waals surface area contributed by atoms with Gasteiger partial charge in [-0.1, -0.05) is 0 Å². The van der Waals surface area contributed by atoms with Crippen LogP contribution in [-0.4, -0.2) is 22.9 Å². The number of nitro benzene ring substituents is 1. The highest BCUT2D eigenvalue weighted by Crippen LogP contribution is 2.33. The summed E-state index contributed by atoms with van der Waals surface area (Å²) in [5, 5.41) is 18.0. The first-order chi connectivity index (χ1) is 10.0. The smallest absolute Gasteiger partial charge is 0.273 e. The van der Waals surface area contributed by atoms with E-state index >= 15 is 0 Å². The fraction of sp³-hybridized carbons (Fsp3) is 0.0769. The molecule has 0 aliphatic rings. The highest BCUT2D eigenvalue weighted by Gasteiger charge is 2.13. The van der Waals surface area contributed by atoms with Gasteiger partial charge in [0.2, 0.25) is 5.88 Å². The number of nitro groups is 1. The van der Waals surface area contributed by atoms with E-state index < -0.39 is 4.92 Å². The Labute approximate surface area is 119 Å². The summed E-state index contributed by atoms with van der Waals surface area (Å²) in [7, 11) is 1.43. The molecule has 8 nitrogen and oxygen atoms in total. The van der Waals surface area contributed by atoms with Crippen LogP contribution in [0.3, 0.4) is 0 Å². The molecule has 0 spiro atoms. The molecule has 8 heteroatoms. The lowest BCUT2D eigenvalue weighted by Gasteiger charge is -2.09. The Morgan fingerprint density at radius 3 is 2.62 bits per heavy atom. The van der Waals surface area contributed by atoms with Gasteiger partial charge in [0.1, 0.15) is 5.84 Å². The predicted molar refractivity (Wildman–Crippen MR) is 75.0 cm³/mol. The average Bonchev–Trinajstić information content (AvgIpc) is 2.47. The third-order valence-corrected chi connectivity index (χ3v) is 2.62. The maximum atomic E-state index is 10.8. The van der Waals surface area contributed by atoms with E-state index in [-0.39, 0.29) is 23.2 Å². The molecule has 2 aromatic rings. The fourth-order valence-corrected chi connectivity index (χ4v) is 1.57. The van der Waals surface area contributed by atoms with Gasteiger partial charge >= 0.3 is 0 Å². The number of nitrogens with one attached hydrogen (secondary N) is 1. The number of pyridine rings is 1. The molecule has 0 bridgehead atoms. The van der Waals surface area contributed by atoms with Crippen LogP contribution in [0, 0.1) is 15.5 Å². The van der Waals surface area contributed by atoms with Crippen molar-refractivity contribution in [3.8, 4) is 17.4 Å². The predicted octanol–water partition coefficient (Wildman–Crippen LogP) is 2.07. The Morgan fingerprint density at radius 2 is 2.10 bits per heavy atom. The Balaban J connectivity index is 2.31. The van der Waals surface area contributed by atoms with E-state index in [1.165, 1.54) is 37.6 Å². The number of benzene rings is 1. The number of ether oxygens (including phenoxy) is 2. The molecule has 0 saturated carbocycles. The van der Waals surface area contributed by atoms with Crippen LogP contribution in [0.2, 0.25) is 0 Å². The Morgan fingerprint density at radius 1 is 1.33 bits per heavy atom. The van der Waals surface area contributed by atoms with Gasteiger partial charge in [-0.05, 0) is 12.1 Å². The number of hydrogen-bond acceptors (Lipinski definition) is 6. The van der Waals surface area contributed by atoms with Crippen LogP contribution < -0.4 is 15.2 Å². The molecular formula is C13H12N4O4. The summed E-state index contributed by atoms with van der Waals surface area (Å²) < 4.78 is 10.6. The summed E-state index contributed by atoms with van der Waals surface area (Å²) in [5.74, 6) is 0.619. The standard InChI is InChI=1S/C13H12N4O4/c1-20-10-4-3-9(17(18)19)6-11(10)21-12-5-2-8(7-16-12)13(14)15/h2-7H,1H3,(H3,14,15). The molecule has 2 rings (SSSR count). The summed E-state index contributed by atoms with van der Waals surface area (Å²) in [6.07, 6.45) is 1.38. The van der Waals surface area contributed by atoms with Crippen molar-refractivity contribution in [3.63, 3.8) is 0 Å². The van der Waals surface area contributed by atoms with Gasteiger partial charge in [0.25, 0.3) is 5.69 Å². The van der Waals surface area contributed by atoms with Gasteiger partial charge < -0.3 is 15.2 Å². The number of nitrogens with zero attached hydrogens (tertiary/aromatic N) is 2. The molecule has 0 aliphatic carbocycles. The number of nitrogen functional groups attached to an aromatic ring is 1. The highest BCUT2D eigenvalue weighted by atomic mass is 16.6. The lowest BCUT2D eigenvalue weighted by molar-refractivity contribution is -0.384. The lowest BCUT2D eigenvalue weighted by Crippen LogP contribution is -2.11. The third kappa shape index (κ3) is 3.24. The van der Waals surface area contributed by atoms with Crippen LogP contribution in [0.4, 0.5) is 5.69 Å². The SMILES string of the molecule is COc1ccc([N+](=O)[O-])cc1Oc1ccc(C(=N)N)cn1. The van der Waals surface area contributed by atoms with Crippen LogP contribution in [0.15, 0.2) is 36.5 Å². The van der Waals surface area contributed by atoms with E-state index in [0.717, 1.165) is 0 Å². The number of methoxy groups -OCH3 is 1. The second-order valence-electron chi connectivity index (χ2n) is 3.99. The highest BCUT2D eigenvalue weighted by molar-refractivity contribution is 5.94. The topological polar surface area (TPSA) is 124 Å². The van der Waals surface area contributed by atoms with Crippen molar-refractivity contribution in [2.45, 2.75) is 0 Å². The molecule has 3 N–H and O–H groups in total. The normalized spacial score (nSPS) is 9.95. The maximum absolute atomic E-state index is 10.8. The molecule has 1 aromatic heterocycles. The fourth-order valence-electron chi connectivity index (χ4n) is 1.57. The first kappa shape index (κ1) is 14.3. The molecule has 108 valence electrons. The van der Waals surface area contributed by atoms with Crippen molar-refractivity contribution in [2.24, 2.45) is 5.73 Å². The monoisotopic (exact) mass is 288 g/mol. The minimum atomic E-state index is -0.529. The van der Waals surface area contributed by atoms with Crippen LogP contribution in [0.1, 0.15) is 5.56 Å². The molecular weight excluding hydrogens is 276 g/mol. The first-order valence-corrected chi connectivity index (χ1v) is 5.82. The second-order valence-corrected chi connectivity index (χ2v) is 3.99. The van der Waals surface area contributed by atoms with E-state index in [9.17, 15) is 10.1 Å². The first-order valence-electron chi connectivity index (χ1n) is 5.82. The Hall–Kier alpha value is -3.16. The van der Waals surface area contributed by atoms with Crippen LogP contribution in [0.5, 0.6) is 17.4 Å². The van der Waals surface area contributed by atoms with Crippen molar-refractivity contribution < 1.29 is 14.4 Å². The third-order valence-electron chi connectivity index (χ3n) is 2.62. The van der Waals surface area contributed by atoms with E-state index in [1.54, 1.807) is 6.07 Å². The van der Waals surface area contributed by atoms with E-state index in [2.05, 4.69) is 4.98 Å². The van der Waals surface area contributed by atoms with E-state index in [4.69, 9.17) is 20.6 Å². The quantitative estimate of drug-likeness (QED) is 0.375. The zero-order valence-corrected chi connectivity index (χ0v) is 11.1. The molecule has 0 saturated heterocycles. The minimum Gasteiger partial charge on any atom is -0.493 e. The molecule has 0 radical (unpaired) electrons. The second kappa shape index (κ2) is 5.87. The Bertz CT molecular complexity index is 685. The molecule has 0 aliphatic heterocycles. The summed E-state index contributed by atoms with van der Waals surface area (Å²) >= 11 is 0. The summed E-state index contributed by atoms with van der Waals surface area (Å²) in [6.45, 7) is 0. The number of rotatable bonds is 5. The van der Waals surface area contributed by atoms with Gasteiger partial charge in [0.15, 0.2) is 11.5 Å². The van der Waals surface area contributed by atoms with Crippen molar-refractivity contribution >= 4 is 11.5 Å². The Kier molecular flexibility index (Phi) is 3.98.